The van der Waals surface area contributed by atoms with Crippen LogP contribution in [0.5, 0.6) is 0 Å². The fraction of sp³-hybridized carbons (Fsp3) is 0. The van der Waals surface area contributed by atoms with Gasteiger partial charge in [0.1, 0.15) is 5.69 Å². The molecule has 0 radical (unpaired) electrons. The third kappa shape index (κ3) is 2.91. The second kappa shape index (κ2) is 7.33. The summed E-state index contributed by atoms with van der Waals surface area (Å²) in [6.45, 7) is 0. The summed E-state index contributed by atoms with van der Waals surface area (Å²) in [6, 6.07) is 17.7. The molecule has 0 saturated carbocycles. The number of nitrogens with zero attached hydrogens (tertiary/aromatic N) is 3. The Hall–Kier alpha value is -2.50. The first-order valence-electron chi connectivity index (χ1n) is 8.88. The van der Waals surface area contributed by atoms with Crippen molar-refractivity contribution in [1.29, 1.82) is 0 Å². The highest BCUT2D eigenvalue weighted by Crippen LogP contribution is 2.37. The summed E-state index contributed by atoms with van der Waals surface area (Å²) in [5, 5.41) is 7.55. The van der Waals surface area contributed by atoms with Crippen molar-refractivity contribution in [3.8, 4) is 5.69 Å². The first-order chi connectivity index (χ1) is 14.5. The quantitative estimate of drug-likeness (QED) is 0.269. The van der Waals surface area contributed by atoms with Crippen LogP contribution >= 0.6 is 46.4 Å². The second-order valence-corrected chi connectivity index (χ2v) is 8.31. The zero-order valence-corrected chi connectivity index (χ0v) is 18.1. The number of halogens is 4. The number of rotatable bonds is 2. The molecular weight excluding hydrogens is 464 g/mol. The molecule has 0 bridgehead atoms. The Labute approximate surface area is 191 Å². The fourth-order valence-corrected chi connectivity index (χ4v) is 4.81. The third-order valence-corrected chi connectivity index (χ3v) is 6.02. The van der Waals surface area contributed by atoms with Crippen molar-refractivity contribution in [2.24, 2.45) is 0 Å². The highest BCUT2D eigenvalue weighted by Gasteiger charge is 2.24. The van der Waals surface area contributed by atoms with E-state index in [1.165, 1.54) is 0 Å². The van der Waals surface area contributed by atoms with Crippen LogP contribution in [0, 0.1) is 0 Å². The van der Waals surface area contributed by atoms with E-state index in [-0.39, 0.29) is 5.91 Å². The van der Waals surface area contributed by atoms with E-state index in [0.717, 1.165) is 16.3 Å². The topological polar surface area (TPSA) is 39.8 Å². The van der Waals surface area contributed by atoms with Crippen molar-refractivity contribution in [1.82, 2.24) is 14.3 Å². The van der Waals surface area contributed by atoms with Gasteiger partial charge in [0.2, 0.25) is 0 Å². The standard InChI is InChI=1S/C22H11Cl4N3O/c23-12-9-17(25)20(18(26)10-12)29-21-15(11-27-29)13-5-2-4-8-19(13)28(21)22(30)14-6-1-3-7-16(14)24/h1-11H. The van der Waals surface area contributed by atoms with Crippen LogP contribution in [0.2, 0.25) is 20.1 Å². The van der Waals surface area contributed by atoms with E-state index in [1.807, 2.05) is 24.3 Å². The van der Waals surface area contributed by atoms with E-state index < -0.39 is 0 Å². The normalized spacial score (nSPS) is 11.5. The van der Waals surface area contributed by atoms with Crippen molar-refractivity contribution >= 4 is 74.2 Å². The molecule has 148 valence electrons. The van der Waals surface area contributed by atoms with Gasteiger partial charge < -0.3 is 0 Å². The molecule has 4 nitrogen and oxygen atoms in total. The van der Waals surface area contributed by atoms with Crippen molar-refractivity contribution in [3.05, 3.63) is 92.5 Å². The number of aromatic nitrogens is 3. The minimum absolute atomic E-state index is 0.283. The molecule has 0 aliphatic carbocycles. The molecule has 0 unspecified atom stereocenters. The minimum Gasteiger partial charge on any atom is -0.268 e. The Balaban J connectivity index is 1.90. The van der Waals surface area contributed by atoms with Crippen LogP contribution in [0.25, 0.3) is 27.6 Å². The molecule has 8 heteroatoms. The van der Waals surface area contributed by atoms with E-state index in [4.69, 9.17) is 46.4 Å². The molecule has 2 aromatic heterocycles. The molecule has 3 aromatic carbocycles. The smallest absolute Gasteiger partial charge is 0.265 e. The van der Waals surface area contributed by atoms with Gasteiger partial charge in [-0.05, 0) is 30.3 Å². The van der Waals surface area contributed by atoms with Crippen molar-refractivity contribution in [2.75, 3.05) is 0 Å². The van der Waals surface area contributed by atoms with Gasteiger partial charge >= 0.3 is 0 Å². The number of carbonyl (C=O) groups is 1. The molecule has 5 rings (SSSR count). The molecule has 0 amide bonds. The number of fused-ring (bicyclic) bond motifs is 3. The number of hydrogen-bond acceptors (Lipinski definition) is 2. The number of benzene rings is 3. The lowest BCUT2D eigenvalue weighted by Crippen LogP contribution is -2.15. The molecule has 0 fully saturated rings. The summed E-state index contributed by atoms with van der Waals surface area (Å²) < 4.78 is 3.14. The first kappa shape index (κ1) is 19.5. The van der Waals surface area contributed by atoms with E-state index in [0.29, 0.717) is 37.0 Å². The van der Waals surface area contributed by atoms with E-state index in [1.54, 1.807) is 51.8 Å². The molecule has 0 atom stereocenters. The van der Waals surface area contributed by atoms with Crippen LogP contribution in [0.3, 0.4) is 0 Å². The molecule has 0 N–H and O–H groups in total. The Bertz CT molecular complexity index is 1450. The zero-order chi connectivity index (χ0) is 21.0. The number of hydrogen-bond donors (Lipinski definition) is 0. The molecular formula is C22H11Cl4N3O. The number of para-hydroxylation sites is 1. The zero-order valence-electron chi connectivity index (χ0n) is 15.1. The summed E-state index contributed by atoms with van der Waals surface area (Å²) in [5.41, 5.74) is 2.08. The summed E-state index contributed by atoms with van der Waals surface area (Å²) in [4.78, 5) is 13.6. The SMILES string of the molecule is O=C(c1ccccc1Cl)n1c2ccccc2c2cnn(-c3c(Cl)cc(Cl)cc3Cl)c21. The molecule has 5 aromatic rings. The van der Waals surface area contributed by atoms with Crippen LogP contribution in [-0.2, 0) is 0 Å². The maximum Gasteiger partial charge on any atom is 0.265 e. The molecule has 0 spiro atoms. The van der Waals surface area contributed by atoms with Gasteiger partial charge in [-0.2, -0.15) is 5.10 Å². The summed E-state index contributed by atoms with van der Waals surface area (Å²) in [6.07, 6.45) is 1.69. The van der Waals surface area contributed by atoms with Crippen molar-refractivity contribution in [3.63, 3.8) is 0 Å². The molecule has 30 heavy (non-hydrogen) atoms. The van der Waals surface area contributed by atoms with Crippen molar-refractivity contribution < 1.29 is 4.79 Å². The van der Waals surface area contributed by atoms with Crippen LogP contribution in [0.15, 0.2) is 66.9 Å². The van der Waals surface area contributed by atoms with Gasteiger partial charge in [-0.1, -0.05) is 76.7 Å². The van der Waals surface area contributed by atoms with Crippen LogP contribution in [0.1, 0.15) is 10.4 Å². The summed E-state index contributed by atoms with van der Waals surface area (Å²) in [5.74, 6) is -0.283. The Morgan fingerprint density at radius 2 is 1.47 bits per heavy atom. The van der Waals surface area contributed by atoms with Gasteiger partial charge in [-0.25, -0.2) is 4.68 Å². The van der Waals surface area contributed by atoms with E-state index in [9.17, 15) is 4.79 Å². The highest BCUT2D eigenvalue weighted by atomic mass is 35.5. The van der Waals surface area contributed by atoms with Crippen LogP contribution in [-0.4, -0.2) is 20.3 Å². The predicted octanol–water partition coefficient (Wildman–Crippen LogP) is 7.28. The fourth-order valence-electron chi connectivity index (χ4n) is 3.62. The Morgan fingerprint density at radius 1 is 0.800 bits per heavy atom. The molecule has 0 aliphatic rings. The van der Waals surface area contributed by atoms with Gasteiger partial charge in [-0.15, -0.1) is 0 Å². The minimum atomic E-state index is -0.283. The summed E-state index contributed by atoms with van der Waals surface area (Å²) in [7, 11) is 0. The lowest BCUT2D eigenvalue weighted by molar-refractivity contribution is 0.0968. The summed E-state index contributed by atoms with van der Waals surface area (Å²) >= 11 is 25.3. The highest BCUT2D eigenvalue weighted by molar-refractivity contribution is 6.41. The average molecular weight is 475 g/mol. The average Bonchev–Trinajstić information content (AvgIpc) is 3.26. The largest absolute Gasteiger partial charge is 0.268 e. The van der Waals surface area contributed by atoms with Gasteiger partial charge in [0.25, 0.3) is 5.91 Å². The van der Waals surface area contributed by atoms with Gasteiger partial charge in [-0.3, -0.25) is 9.36 Å². The maximum absolute atomic E-state index is 13.6. The lowest BCUT2D eigenvalue weighted by Gasteiger charge is -2.12. The molecule has 0 saturated heterocycles. The second-order valence-electron chi connectivity index (χ2n) is 6.65. The predicted molar refractivity (Wildman–Crippen MR) is 123 cm³/mol. The van der Waals surface area contributed by atoms with Crippen molar-refractivity contribution in [2.45, 2.75) is 0 Å². The third-order valence-electron chi connectivity index (χ3n) is 4.89. The monoisotopic (exact) mass is 473 g/mol. The molecule has 0 aliphatic heterocycles. The Kier molecular flexibility index (Phi) is 4.75. The van der Waals surface area contributed by atoms with Crippen LogP contribution in [0.4, 0.5) is 0 Å². The van der Waals surface area contributed by atoms with Crippen LogP contribution < -0.4 is 0 Å². The maximum atomic E-state index is 13.6. The van der Waals surface area contributed by atoms with Gasteiger partial charge in [0.05, 0.1) is 32.3 Å². The van der Waals surface area contributed by atoms with Gasteiger partial charge in [0, 0.05) is 15.8 Å². The Morgan fingerprint density at radius 3 is 2.20 bits per heavy atom. The first-order valence-corrected chi connectivity index (χ1v) is 10.4. The van der Waals surface area contributed by atoms with Gasteiger partial charge in [0.15, 0.2) is 5.65 Å². The van der Waals surface area contributed by atoms with E-state index >= 15 is 0 Å². The number of carbonyl (C=O) groups excluding carboxylic acids is 1. The lowest BCUT2D eigenvalue weighted by atomic mass is 10.2. The van der Waals surface area contributed by atoms with E-state index in [2.05, 4.69) is 5.10 Å². The molecule has 2 heterocycles.